The average molecular weight is 411 g/mol. The predicted molar refractivity (Wildman–Crippen MR) is 80.0 cm³/mol. The summed E-state index contributed by atoms with van der Waals surface area (Å²) in [7, 11) is 0. The topological polar surface area (TPSA) is 137 Å². The van der Waals surface area contributed by atoms with Crippen LogP contribution in [0.5, 0.6) is 0 Å². The molecule has 1 saturated heterocycles. The maximum Gasteiger partial charge on any atom is 0.351 e. The lowest BCUT2D eigenvalue weighted by atomic mass is 10.1. The van der Waals surface area contributed by atoms with Crippen LogP contribution in [0.3, 0.4) is 0 Å². The van der Waals surface area contributed by atoms with Gasteiger partial charge in [-0.05, 0) is 10.2 Å². The second-order valence-electron chi connectivity index (χ2n) is 4.37. The fourth-order valence-electron chi connectivity index (χ4n) is 2.06. The molecule has 116 valence electrons. The summed E-state index contributed by atoms with van der Waals surface area (Å²) in [5, 5.41) is 37.6. The third-order valence-electron chi connectivity index (χ3n) is 3.12. The second kappa shape index (κ2) is 6.81. The zero-order valence-electron chi connectivity index (χ0n) is 10.6. The van der Waals surface area contributed by atoms with Gasteiger partial charge in [0.2, 0.25) is 0 Å². The lowest BCUT2D eigenvalue weighted by molar-refractivity contribution is -0.0549. The van der Waals surface area contributed by atoms with Crippen molar-refractivity contribution in [2.45, 2.75) is 24.5 Å². The molecule has 5 N–H and O–H groups in total. The number of aliphatic hydroxyl groups is 3. The number of nitrogens with one attached hydrogen (secondary N) is 1. The molecule has 2 rings (SSSR count). The van der Waals surface area contributed by atoms with E-state index in [0.717, 1.165) is 4.57 Å². The summed E-state index contributed by atoms with van der Waals surface area (Å²) in [6, 6.07) is 0. The quantitative estimate of drug-likeness (QED) is 0.317. The van der Waals surface area contributed by atoms with Crippen molar-refractivity contribution in [1.82, 2.24) is 9.55 Å². The fourth-order valence-corrected chi connectivity index (χ4v) is 2.44. The SMILES string of the molecule is O=c1nc(NO)c(/C=C/I)cn1[C@@H]1O[C@H](CO)[C@@H](O)[C@H]1O. The summed E-state index contributed by atoms with van der Waals surface area (Å²) in [6.07, 6.45) is -1.97. The van der Waals surface area contributed by atoms with Gasteiger partial charge < -0.3 is 20.1 Å². The van der Waals surface area contributed by atoms with Gasteiger partial charge in [0.25, 0.3) is 0 Å². The Morgan fingerprint density at radius 3 is 2.71 bits per heavy atom. The van der Waals surface area contributed by atoms with E-state index in [9.17, 15) is 15.0 Å². The number of anilines is 1. The first-order valence-electron chi connectivity index (χ1n) is 5.96. The standard InChI is InChI=1S/C11H14IN3O6/c12-2-1-5-3-15(11(19)13-9(5)14-20)10-8(18)7(17)6(4-16)21-10/h1-3,6-8,10,16-18,20H,4H2,(H,13,14,19)/b2-1+/t6-,7-,8-,10-/m1/s1. The van der Waals surface area contributed by atoms with Crippen LogP contribution in [0.1, 0.15) is 11.8 Å². The number of ether oxygens (including phenoxy) is 1. The Kier molecular flexibility index (Phi) is 5.29. The minimum atomic E-state index is -1.38. The number of hydrogen-bond donors (Lipinski definition) is 5. The van der Waals surface area contributed by atoms with Crippen molar-refractivity contribution >= 4 is 34.5 Å². The smallest absolute Gasteiger partial charge is 0.351 e. The van der Waals surface area contributed by atoms with Gasteiger partial charge >= 0.3 is 5.69 Å². The van der Waals surface area contributed by atoms with Gasteiger partial charge in [0, 0.05) is 11.8 Å². The molecular weight excluding hydrogens is 397 g/mol. The lowest BCUT2D eigenvalue weighted by Crippen LogP contribution is -2.36. The van der Waals surface area contributed by atoms with Crippen LogP contribution in [-0.2, 0) is 4.74 Å². The van der Waals surface area contributed by atoms with Crippen LogP contribution in [0.4, 0.5) is 5.82 Å². The normalized spacial score (nSPS) is 29.2. The van der Waals surface area contributed by atoms with E-state index in [0.29, 0.717) is 5.56 Å². The molecule has 0 amide bonds. The van der Waals surface area contributed by atoms with Crippen molar-refractivity contribution in [2.24, 2.45) is 0 Å². The Labute approximate surface area is 132 Å². The number of nitrogens with zero attached hydrogens (tertiary/aromatic N) is 2. The Hall–Kier alpha value is -1.05. The first-order chi connectivity index (χ1) is 10.0. The molecule has 1 aromatic heterocycles. The molecule has 1 aliphatic rings. The highest BCUT2D eigenvalue weighted by molar-refractivity contribution is 14.1. The van der Waals surface area contributed by atoms with E-state index >= 15 is 0 Å². The zero-order chi connectivity index (χ0) is 15.6. The third-order valence-corrected chi connectivity index (χ3v) is 3.48. The second-order valence-corrected chi connectivity index (χ2v) is 5.09. The summed E-state index contributed by atoms with van der Waals surface area (Å²) < 4.78 is 7.91. The molecule has 0 bridgehead atoms. The lowest BCUT2D eigenvalue weighted by Gasteiger charge is -2.18. The largest absolute Gasteiger partial charge is 0.394 e. The van der Waals surface area contributed by atoms with Crippen molar-refractivity contribution in [3.8, 4) is 0 Å². The van der Waals surface area contributed by atoms with Crippen molar-refractivity contribution < 1.29 is 25.3 Å². The number of aromatic nitrogens is 2. The van der Waals surface area contributed by atoms with Gasteiger partial charge in [-0.2, -0.15) is 4.98 Å². The van der Waals surface area contributed by atoms with E-state index in [2.05, 4.69) is 4.98 Å². The summed E-state index contributed by atoms with van der Waals surface area (Å²) in [6.45, 7) is -0.492. The molecule has 0 saturated carbocycles. The summed E-state index contributed by atoms with van der Waals surface area (Å²) >= 11 is 1.95. The molecule has 10 heteroatoms. The van der Waals surface area contributed by atoms with Crippen molar-refractivity contribution in [3.05, 3.63) is 26.3 Å². The van der Waals surface area contributed by atoms with E-state index in [-0.39, 0.29) is 5.82 Å². The first kappa shape index (κ1) is 16.3. The van der Waals surface area contributed by atoms with Crippen LogP contribution < -0.4 is 11.2 Å². The highest BCUT2D eigenvalue weighted by atomic mass is 127. The Balaban J connectivity index is 2.45. The van der Waals surface area contributed by atoms with Gasteiger partial charge in [-0.1, -0.05) is 22.6 Å². The zero-order valence-corrected chi connectivity index (χ0v) is 12.8. The minimum Gasteiger partial charge on any atom is -0.394 e. The minimum absolute atomic E-state index is 0.0455. The molecule has 0 radical (unpaired) electrons. The number of hydrogen-bond acceptors (Lipinski definition) is 8. The molecule has 0 spiro atoms. The highest BCUT2D eigenvalue weighted by Crippen LogP contribution is 2.28. The van der Waals surface area contributed by atoms with E-state index in [1.165, 1.54) is 6.20 Å². The van der Waals surface area contributed by atoms with Gasteiger partial charge in [-0.15, -0.1) is 0 Å². The van der Waals surface area contributed by atoms with Gasteiger partial charge in [0.05, 0.1) is 6.61 Å². The molecule has 1 aromatic rings. The molecule has 9 nitrogen and oxygen atoms in total. The van der Waals surface area contributed by atoms with Crippen LogP contribution in [0.2, 0.25) is 0 Å². The van der Waals surface area contributed by atoms with Crippen molar-refractivity contribution in [1.29, 1.82) is 0 Å². The Morgan fingerprint density at radius 1 is 1.48 bits per heavy atom. The first-order valence-corrected chi connectivity index (χ1v) is 7.20. The average Bonchev–Trinajstić information content (AvgIpc) is 2.76. The molecule has 0 aliphatic carbocycles. The molecule has 21 heavy (non-hydrogen) atoms. The van der Waals surface area contributed by atoms with E-state index in [4.69, 9.17) is 15.1 Å². The third kappa shape index (κ3) is 3.09. The fraction of sp³-hybridized carbons (Fsp3) is 0.455. The summed E-state index contributed by atoms with van der Waals surface area (Å²) in [5.74, 6) is -0.0455. The van der Waals surface area contributed by atoms with Crippen LogP contribution in [0.15, 0.2) is 15.1 Å². The Bertz CT molecular complexity index is 592. The summed E-state index contributed by atoms with van der Waals surface area (Å²) in [5.41, 5.74) is 1.40. The molecule has 4 atom stereocenters. The Morgan fingerprint density at radius 2 is 2.19 bits per heavy atom. The van der Waals surface area contributed by atoms with Crippen LogP contribution in [0.25, 0.3) is 6.08 Å². The predicted octanol–water partition coefficient (Wildman–Crippen LogP) is -0.938. The number of aliphatic hydroxyl groups excluding tert-OH is 3. The van der Waals surface area contributed by atoms with E-state index in [1.807, 2.05) is 28.1 Å². The van der Waals surface area contributed by atoms with Gasteiger partial charge in [-0.25, -0.2) is 4.79 Å². The van der Waals surface area contributed by atoms with E-state index < -0.39 is 36.8 Å². The molecule has 0 unspecified atom stereocenters. The number of halogens is 1. The van der Waals surface area contributed by atoms with Gasteiger partial charge in [0.1, 0.15) is 18.3 Å². The van der Waals surface area contributed by atoms with Gasteiger partial charge in [0.15, 0.2) is 12.0 Å². The highest BCUT2D eigenvalue weighted by Gasteiger charge is 2.43. The van der Waals surface area contributed by atoms with Crippen LogP contribution in [0, 0.1) is 0 Å². The summed E-state index contributed by atoms with van der Waals surface area (Å²) in [4.78, 5) is 15.6. The maximum atomic E-state index is 11.9. The maximum absolute atomic E-state index is 11.9. The van der Waals surface area contributed by atoms with Crippen LogP contribution in [-0.4, -0.2) is 55.0 Å². The van der Waals surface area contributed by atoms with Crippen LogP contribution >= 0.6 is 22.6 Å². The van der Waals surface area contributed by atoms with Crippen molar-refractivity contribution in [2.75, 3.05) is 12.1 Å². The van der Waals surface area contributed by atoms with Crippen molar-refractivity contribution in [3.63, 3.8) is 0 Å². The molecular formula is C11H14IN3O6. The molecule has 1 aliphatic heterocycles. The number of rotatable bonds is 4. The van der Waals surface area contributed by atoms with E-state index in [1.54, 1.807) is 10.2 Å². The van der Waals surface area contributed by atoms with Gasteiger partial charge in [-0.3, -0.25) is 15.3 Å². The molecule has 0 aromatic carbocycles. The molecule has 2 heterocycles. The molecule has 1 fully saturated rings. The monoisotopic (exact) mass is 411 g/mol.